The fourth-order valence-corrected chi connectivity index (χ4v) is 3.19. The molecule has 0 spiro atoms. The van der Waals surface area contributed by atoms with Crippen LogP contribution in [0, 0.1) is 5.92 Å². The Labute approximate surface area is 131 Å². The summed E-state index contributed by atoms with van der Waals surface area (Å²) in [5.74, 6) is -0.206. The number of halogens is 1. The topological polar surface area (TPSA) is 85.2 Å². The second kappa shape index (κ2) is 5.52. The van der Waals surface area contributed by atoms with Gasteiger partial charge in [0.1, 0.15) is 0 Å². The second-order valence-electron chi connectivity index (χ2n) is 5.39. The minimum absolute atomic E-state index is 0.0107. The van der Waals surface area contributed by atoms with Crippen LogP contribution in [0.4, 0.5) is 11.4 Å². The molecule has 1 amide bonds. The summed E-state index contributed by atoms with van der Waals surface area (Å²) in [4.78, 5) is 18.0. The van der Waals surface area contributed by atoms with Gasteiger partial charge >= 0.3 is 0 Å². The number of hydrogen-bond donors (Lipinski definition) is 2. The maximum absolute atomic E-state index is 11.3. The van der Waals surface area contributed by atoms with Gasteiger partial charge in [-0.3, -0.25) is 9.78 Å². The summed E-state index contributed by atoms with van der Waals surface area (Å²) in [5, 5.41) is 0.943. The number of nitrogens with zero attached hydrogens (tertiary/aromatic N) is 2. The van der Waals surface area contributed by atoms with Crippen molar-refractivity contribution in [2.24, 2.45) is 11.7 Å². The van der Waals surface area contributed by atoms with E-state index in [1.807, 2.05) is 18.2 Å². The number of piperidine rings is 1. The zero-order valence-electron chi connectivity index (χ0n) is 11.6. The summed E-state index contributed by atoms with van der Waals surface area (Å²) in [7, 11) is 0. The molecule has 0 saturated carbocycles. The Balaban J connectivity index is 1.95. The summed E-state index contributed by atoms with van der Waals surface area (Å²) in [5.41, 5.74) is 14.1. The predicted octanol–water partition coefficient (Wildman–Crippen LogP) is 2.28. The fraction of sp³-hybridized carbons (Fsp3) is 0.333. The van der Waals surface area contributed by atoms with Gasteiger partial charge in [0, 0.05) is 40.8 Å². The first-order valence-corrected chi connectivity index (χ1v) is 7.73. The van der Waals surface area contributed by atoms with Crippen LogP contribution in [0.2, 0.25) is 0 Å². The summed E-state index contributed by atoms with van der Waals surface area (Å²) in [6, 6.07) is 5.90. The second-order valence-corrected chi connectivity index (χ2v) is 6.30. The van der Waals surface area contributed by atoms with Crippen molar-refractivity contribution in [3.8, 4) is 0 Å². The number of nitrogens with two attached hydrogens (primary N) is 2. The number of primary amides is 1. The maximum atomic E-state index is 11.3. The zero-order valence-corrected chi connectivity index (χ0v) is 13.1. The van der Waals surface area contributed by atoms with Crippen molar-refractivity contribution in [3.63, 3.8) is 0 Å². The summed E-state index contributed by atoms with van der Waals surface area (Å²) < 4.78 is 0.909. The highest BCUT2D eigenvalue weighted by molar-refractivity contribution is 9.10. The van der Waals surface area contributed by atoms with E-state index in [0.717, 1.165) is 52.7 Å². The van der Waals surface area contributed by atoms with Crippen molar-refractivity contribution in [1.82, 2.24) is 4.98 Å². The maximum Gasteiger partial charge on any atom is 0.220 e. The first kappa shape index (κ1) is 14.1. The molecule has 1 aliphatic heterocycles. The standard InChI is InChI=1S/C15H17BrN4O/c16-10-7-11-12(17)1-2-13(14(11)19-8-10)20-5-3-9(4-6-20)15(18)21/h1-2,7-9H,3-6,17H2,(H2,18,21). The molecule has 2 aromatic rings. The lowest BCUT2D eigenvalue weighted by Gasteiger charge is -2.32. The third kappa shape index (κ3) is 2.68. The largest absolute Gasteiger partial charge is 0.398 e. The smallest absolute Gasteiger partial charge is 0.220 e. The molecular weight excluding hydrogens is 332 g/mol. The van der Waals surface area contributed by atoms with Gasteiger partial charge in [-0.15, -0.1) is 0 Å². The molecule has 0 radical (unpaired) electrons. The van der Waals surface area contributed by atoms with Crippen LogP contribution < -0.4 is 16.4 Å². The lowest BCUT2D eigenvalue weighted by molar-refractivity contribution is -0.122. The molecule has 0 aliphatic carbocycles. The molecule has 0 unspecified atom stereocenters. The van der Waals surface area contributed by atoms with Gasteiger partial charge in [-0.1, -0.05) is 0 Å². The van der Waals surface area contributed by atoms with Gasteiger partial charge in [-0.2, -0.15) is 0 Å². The van der Waals surface area contributed by atoms with Gasteiger partial charge in [-0.25, -0.2) is 0 Å². The van der Waals surface area contributed by atoms with E-state index < -0.39 is 0 Å². The number of benzene rings is 1. The fourth-order valence-electron chi connectivity index (χ4n) is 2.86. The molecule has 0 bridgehead atoms. The van der Waals surface area contributed by atoms with Crippen LogP contribution in [0.3, 0.4) is 0 Å². The number of hydrogen-bond acceptors (Lipinski definition) is 4. The molecule has 5 nitrogen and oxygen atoms in total. The van der Waals surface area contributed by atoms with Crippen LogP contribution in [-0.4, -0.2) is 24.0 Å². The van der Waals surface area contributed by atoms with Crippen molar-refractivity contribution in [2.75, 3.05) is 23.7 Å². The highest BCUT2D eigenvalue weighted by Gasteiger charge is 2.24. The van der Waals surface area contributed by atoms with Crippen LogP contribution >= 0.6 is 15.9 Å². The Morgan fingerprint density at radius 1 is 1.33 bits per heavy atom. The zero-order chi connectivity index (χ0) is 15.0. The molecule has 6 heteroatoms. The quantitative estimate of drug-likeness (QED) is 0.815. The van der Waals surface area contributed by atoms with Gasteiger partial charge in [0.05, 0.1) is 11.2 Å². The van der Waals surface area contributed by atoms with Crippen molar-refractivity contribution in [1.29, 1.82) is 0 Å². The highest BCUT2D eigenvalue weighted by Crippen LogP contribution is 2.33. The summed E-state index contributed by atoms with van der Waals surface area (Å²) in [6.07, 6.45) is 3.36. The van der Waals surface area contributed by atoms with E-state index in [9.17, 15) is 4.79 Å². The predicted molar refractivity (Wildman–Crippen MR) is 88.0 cm³/mol. The first-order valence-electron chi connectivity index (χ1n) is 6.94. The van der Waals surface area contributed by atoms with Crippen LogP contribution in [0.25, 0.3) is 10.9 Å². The first-order chi connectivity index (χ1) is 10.1. The number of carbonyl (C=O) groups is 1. The normalized spacial score (nSPS) is 16.3. The van der Waals surface area contributed by atoms with Crippen LogP contribution in [0.15, 0.2) is 28.9 Å². The Morgan fingerprint density at radius 3 is 2.71 bits per heavy atom. The molecule has 110 valence electrons. The van der Waals surface area contributed by atoms with Crippen LogP contribution in [0.5, 0.6) is 0 Å². The number of anilines is 2. The van der Waals surface area contributed by atoms with E-state index in [4.69, 9.17) is 11.5 Å². The van der Waals surface area contributed by atoms with Gasteiger partial charge < -0.3 is 16.4 Å². The number of nitrogen functional groups attached to an aromatic ring is 1. The van der Waals surface area contributed by atoms with Gasteiger partial charge in [-0.05, 0) is 47.0 Å². The molecule has 1 aromatic heterocycles. The number of aromatic nitrogens is 1. The van der Waals surface area contributed by atoms with Crippen LogP contribution in [-0.2, 0) is 4.79 Å². The van der Waals surface area contributed by atoms with E-state index in [1.165, 1.54) is 0 Å². The van der Waals surface area contributed by atoms with E-state index >= 15 is 0 Å². The average molecular weight is 349 g/mol. The SMILES string of the molecule is NC(=O)C1CCN(c2ccc(N)c3cc(Br)cnc23)CC1. The Bertz CT molecular complexity index is 695. The minimum Gasteiger partial charge on any atom is -0.398 e. The van der Waals surface area contributed by atoms with Gasteiger partial charge in [0.15, 0.2) is 0 Å². The third-order valence-corrected chi connectivity index (χ3v) is 4.50. The lowest BCUT2D eigenvalue weighted by Crippen LogP contribution is -2.38. The third-order valence-electron chi connectivity index (χ3n) is 4.07. The average Bonchev–Trinajstić information content (AvgIpc) is 2.48. The van der Waals surface area contributed by atoms with E-state index in [0.29, 0.717) is 0 Å². The number of amides is 1. The number of fused-ring (bicyclic) bond motifs is 1. The Hall–Kier alpha value is -1.82. The molecule has 0 atom stereocenters. The Kier molecular flexibility index (Phi) is 3.71. The van der Waals surface area contributed by atoms with Crippen LogP contribution in [0.1, 0.15) is 12.8 Å². The highest BCUT2D eigenvalue weighted by atomic mass is 79.9. The monoisotopic (exact) mass is 348 g/mol. The van der Waals surface area contributed by atoms with Crippen molar-refractivity contribution in [2.45, 2.75) is 12.8 Å². The summed E-state index contributed by atoms with van der Waals surface area (Å²) in [6.45, 7) is 1.62. The Morgan fingerprint density at radius 2 is 2.05 bits per heavy atom. The van der Waals surface area contributed by atoms with Crippen molar-refractivity contribution in [3.05, 3.63) is 28.9 Å². The molecular formula is C15H17BrN4O. The number of carbonyl (C=O) groups excluding carboxylic acids is 1. The molecule has 1 fully saturated rings. The van der Waals surface area contributed by atoms with Crippen molar-refractivity contribution < 1.29 is 4.79 Å². The van der Waals surface area contributed by atoms with Crippen molar-refractivity contribution >= 4 is 44.1 Å². The van der Waals surface area contributed by atoms with E-state index in [1.54, 1.807) is 6.20 Å². The number of rotatable bonds is 2. The lowest BCUT2D eigenvalue weighted by atomic mass is 9.95. The van der Waals surface area contributed by atoms with Gasteiger partial charge in [0.2, 0.25) is 5.91 Å². The molecule has 4 N–H and O–H groups in total. The summed E-state index contributed by atoms with van der Waals surface area (Å²) >= 11 is 3.43. The molecule has 21 heavy (non-hydrogen) atoms. The molecule has 1 aliphatic rings. The van der Waals surface area contributed by atoms with E-state index in [2.05, 4.69) is 25.8 Å². The van der Waals surface area contributed by atoms with Gasteiger partial charge in [0.25, 0.3) is 0 Å². The minimum atomic E-state index is -0.195. The van der Waals surface area contributed by atoms with E-state index in [-0.39, 0.29) is 11.8 Å². The molecule has 1 saturated heterocycles. The molecule has 3 rings (SSSR count). The number of pyridine rings is 1. The molecule has 1 aromatic carbocycles. The molecule has 2 heterocycles.